The highest BCUT2D eigenvalue weighted by molar-refractivity contribution is 5.66. The number of rotatable bonds is 3. The molecular weight excluding hydrogens is 152 g/mol. The van der Waals surface area contributed by atoms with Crippen molar-refractivity contribution in [3.8, 4) is 0 Å². The Morgan fingerprint density at radius 1 is 1.33 bits per heavy atom. The van der Waals surface area contributed by atoms with E-state index in [-0.39, 0.29) is 11.6 Å². The fourth-order valence-electron chi connectivity index (χ4n) is 0.881. The first-order valence-corrected chi connectivity index (χ1v) is 4.16. The van der Waals surface area contributed by atoms with Crippen molar-refractivity contribution in [3.05, 3.63) is 11.6 Å². The van der Waals surface area contributed by atoms with Crippen LogP contribution in [0.2, 0.25) is 0 Å². The van der Waals surface area contributed by atoms with E-state index in [0.717, 1.165) is 6.42 Å². The fourth-order valence-corrected chi connectivity index (χ4v) is 0.881. The predicted molar refractivity (Wildman–Crippen MR) is 49.9 cm³/mol. The van der Waals surface area contributed by atoms with E-state index in [1.54, 1.807) is 0 Å². The molecule has 2 nitrogen and oxygen atoms in total. The highest BCUT2D eigenvalue weighted by Gasteiger charge is 2.18. The lowest BCUT2D eigenvalue weighted by atomic mass is 10.0. The van der Waals surface area contributed by atoms with Crippen molar-refractivity contribution in [2.24, 2.45) is 0 Å². The fraction of sp³-hybridized carbons (Fsp3) is 0.700. The van der Waals surface area contributed by atoms with Gasteiger partial charge >= 0.3 is 5.97 Å². The maximum Gasteiger partial charge on any atom is 0.303 e. The largest absolute Gasteiger partial charge is 0.460 e. The van der Waals surface area contributed by atoms with E-state index < -0.39 is 0 Å². The van der Waals surface area contributed by atoms with Gasteiger partial charge in [-0.3, -0.25) is 4.79 Å². The molecule has 2 heteroatoms. The highest BCUT2D eigenvalue weighted by atomic mass is 16.6. The van der Waals surface area contributed by atoms with Crippen molar-refractivity contribution in [2.75, 3.05) is 0 Å². The SMILES string of the molecule is CC(=O)OC(C)(C)CC=C(C)C. The van der Waals surface area contributed by atoms with E-state index >= 15 is 0 Å². The number of allylic oxidation sites excluding steroid dienone is 1. The third-order valence-corrected chi connectivity index (χ3v) is 1.42. The summed E-state index contributed by atoms with van der Waals surface area (Å²) in [5, 5.41) is 0. The van der Waals surface area contributed by atoms with E-state index in [1.807, 2.05) is 27.7 Å². The molecule has 0 aliphatic rings. The first kappa shape index (κ1) is 11.2. The van der Waals surface area contributed by atoms with Crippen LogP contribution in [-0.4, -0.2) is 11.6 Å². The predicted octanol–water partition coefficient (Wildman–Crippen LogP) is 2.68. The summed E-state index contributed by atoms with van der Waals surface area (Å²) in [4.78, 5) is 10.7. The van der Waals surface area contributed by atoms with Crippen LogP contribution >= 0.6 is 0 Å². The Kier molecular flexibility index (Phi) is 4.01. The average molecular weight is 170 g/mol. The molecule has 0 N–H and O–H groups in total. The van der Waals surface area contributed by atoms with Gasteiger partial charge in [-0.1, -0.05) is 11.6 Å². The third kappa shape index (κ3) is 5.96. The molecule has 0 saturated carbocycles. The van der Waals surface area contributed by atoms with Gasteiger partial charge in [0.1, 0.15) is 5.60 Å². The Hall–Kier alpha value is -0.790. The van der Waals surface area contributed by atoms with Gasteiger partial charge in [-0.2, -0.15) is 0 Å². The van der Waals surface area contributed by atoms with E-state index in [2.05, 4.69) is 6.08 Å². The van der Waals surface area contributed by atoms with Gasteiger partial charge in [0.15, 0.2) is 0 Å². The molecular formula is C10H18O2. The molecule has 0 aromatic heterocycles. The standard InChI is InChI=1S/C10H18O2/c1-8(2)6-7-10(4,5)12-9(3)11/h6H,7H2,1-5H3. The molecule has 0 fully saturated rings. The van der Waals surface area contributed by atoms with Crippen LogP contribution in [0.1, 0.15) is 41.0 Å². The number of ether oxygens (including phenoxy) is 1. The van der Waals surface area contributed by atoms with Gasteiger partial charge in [0.05, 0.1) is 0 Å². The summed E-state index contributed by atoms with van der Waals surface area (Å²) in [6, 6.07) is 0. The molecule has 0 aromatic carbocycles. The summed E-state index contributed by atoms with van der Waals surface area (Å²) in [6.07, 6.45) is 2.85. The Morgan fingerprint density at radius 3 is 2.17 bits per heavy atom. The molecule has 70 valence electrons. The summed E-state index contributed by atoms with van der Waals surface area (Å²) in [7, 11) is 0. The van der Waals surface area contributed by atoms with Crippen LogP contribution in [0.3, 0.4) is 0 Å². The van der Waals surface area contributed by atoms with Crippen LogP contribution < -0.4 is 0 Å². The number of carbonyl (C=O) groups is 1. The molecule has 0 atom stereocenters. The molecule has 0 heterocycles. The summed E-state index contributed by atoms with van der Waals surface area (Å²) >= 11 is 0. The minimum Gasteiger partial charge on any atom is -0.460 e. The zero-order chi connectivity index (χ0) is 9.78. The number of esters is 1. The molecule has 0 aromatic rings. The van der Waals surface area contributed by atoms with Crippen molar-refractivity contribution in [1.29, 1.82) is 0 Å². The third-order valence-electron chi connectivity index (χ3n) is 1.42. The van der Waals surface area contributed by atoms with Gasteiger partial charge in [-0.05, 0) is 27.7 Å². The second kappa shape index (κ2) is 4.29. The van der Waals surface area contributed by atoms with Crippen LogP contribution in [-0.2, 0) is 9.53 Å². The van der Waals surface area contributed by atoms with Crippen LogP contribution in [0.4, 0.5) is 0 Å². The maximum absolute atomic E-state index is 10.7. The smallest absolute Gasteiger partial charge is 0.303 e. The number of carbonyl (C=O) groups excluding carboxylic acids is 1. The van der Waals surface area contributed by atoms with E-state index in [0.29, 0.717) is 0 Å². The van der Waals surface area contributed by atoms with Gasteiger partial charge < -0.3 is 4.74 Å². The normalized spacial score (nSPS) is 10.8. The van der Waals surface area contributed by atoms with Crippen molar-refractivity contribution in [3.63, 3.8) is 0 Å². The molecule has 0 aliphatic heterocycles. The second-order valence-corrected chi connectivity index (χ2v) is 3.84. The molecule has 0 rings (SSSR count). The van der Waals surface area contributed by atoms with Crippen molar-refractivity contribution in [1.82, 2.24) is 0 Å². The van der Waals surface area contributed by atoms with Crippen LogP contribution in [0, 0.1) is 0 Å². The average Bonchev–Trinajstić information content (AvgIpc) is 1.81. The molecule has 0 aliphatic carbocycles. The molecule has 0 spiro atoms. The lowest BCUT2D eigenvalue weighted by Gasteiger charge is -2.22. The quantitative estimate of drug-likeness (QED) is 0.481. The zero-order valence-corrected chi connectivity index (χ0v) is 8.60. The Labute approximate surface area is 74.6 Å². The summed E-state index contributed by atoms with van der Waals surface area (Å²) in [5.41, 5.74) is 0.874. The van der Waals surface area contributed by atoms with Gasteiger partial charge in [0, 0.05) is 13.3 Å². The summed E-state index contributed by atoms with van der Waals surface area (Å²) in [5.74, 6) is -0.220. The second-order valence-electron chi connectivity index (χ2n) is 3.84. The maximum atomic E-state index is 10.7. The van der Waals surface area contributed by atoms with E-state index in [1.165, 1.54) is 12.5 Å². The lowest BCUT2D eigenvalue weighted by molar-refractivity contribution is -0.153. The van der Waals surface area contributed by atoms with Crippen LogP contribution in [0.5, 0.6) is 0 Å². The Balaban J connectivity index is 4.04. The highest BCUT2D eigenvalue weighted by Crippen LogP contribution is 2.16. The van der Waals surface area contributed by atoms with Crippen molar-refractivity contribution < 1.29 is 9.53 Å². The number of hydrogen-bond donors (Lipinski definition) is 0. The Bertz CT molecular complexity index is 186. The first-order chi connectivity index (χ1) is 5.33. The minimum absolute atomic E-state index is 0.220. The van der Waals surface area contributed by atoms with Crippen LogP contribution in [0.15, 0.2) is 11.6 Å². The lowest BCUT2D eigenvalue weighted by Crippen LogP contribution is -2.25. The van der Waals surface area contributed by atoms with Crippen LogP contribution in [0.25, 0.3) is 0 Å². The summed E-state index contributed by atoms with van der Waals surface area (Å²) < 4.78 is 5.10. The molecule has 0 amide bonds. The molecule has 12 heavy (non-hydrogen) atoms. The zero-order valence-electron chi connectivity index (χ0n) is 8.60. The molecule has 0 radical (unpaired) electrons. The topological polar surface area (TPSA) is 26.3 Å². The van der Waals surface area contributed by atoms with Crippen molar-refractivity contribution in [2.45, 2.75) is 46.6 Å². The molecule has 0 unspecified atom stereocenters. The minimum atomic E-state index is -0.372. The first-order valence-electron chi connectivity index (χ1n) is 4.16. The Morgan fingerprint density at radius 2 is 1.83 bits per heavy atom. The van der Waals surface area contributed by atoms with Gasteiger partial charge in [-0.25, -0.2) is 0 Å². The van der Waals surface area contributed by atoms with Gasteiger partial charge in [0.2, 0.25) is 0 Å². The van der Waals surface area contributed by atoms with Gasteiger partial charge in [0.25, 0.3) is 0 Å². The summed E-state index contributed by atoms with van der Waals surface area (Å²) in [6.45, 7) is 9.32. The van der Waals surface area contributed by atoms with Crippen molar-refractivity contribution >= 4 is 5.97 Å². The monoisotopic (exact) mass is 170 g/mol. The molecule has 0 bridgehead atoms. The van der Waals surface area contributed by atoms with E-state index in [9.17, 15) is 4.79 Å². The van der Waals surface area contributed by atoms with E-state index in [4.69, 9.17) is 4.74 Å². The van der Waals surface area contributed by atoms with Gasteiger partial charge in [-0.15, -0.1) is 0 Å². The number of hydrogen-bond acceptors (Lipinski definition) is 2. The molecule has 0 saturated heterocycles.